The zero-order valence-electron chi connectivity index (χ0n) is 6.55. The van der Waals surface area contributed by atoms with Crippen LogP contribution in [0.3, 0.4) is 0 Å². The standard InChI is InChI=1S/C8H16O2/c1-7-4-5-8(9)3-2-6-10-7/h7-9H,2-6H2,1H3/t7-,8-/m1/s1. The molecule has 0 bridgehead atoms. The number of rotatable bonds is 0. The van der Waals surface area contributed by atoms with Gasteiger partial charge in [-0.3, -0.25) is 0 Å². The maximum atomic E-state index is 9.28. The van der Waals surface area contributed by atoms with Gasteiger partial charge in [-0.05, 0) is 32.6 Å². The second-order valence-electron chi connectivity index (χ2n) is 3.05. The Hall–Kier alpha value is -0.0800. The van der Waals surface area contributed by atoms with Crippen LogP contribution < -0.4 is 0 Å². The van der Waals surface area contributed by atoms with Crippen LogP contribution >= 0.6 is 0 Å². The Morgan fingerprint density at radius 1 is 1.30 bits per heavy atom. The van der Waals surface area contributed by atoms with E-state index in [1.165, 1.54) is 0 Å². The van der Waals surface area contributed by atoms with Crippen LogP contribution in [0.4, 0.5) is 0 Å². The number of hydrogen-bond acceptors (Lipinski definition) is 2. The van der Waals surface area contributed by atoms with E-state index in [9.17, 15) is 5.11 Å². The van der Waals surface area contributed by atoms with Crippen LogP contribution in [-0.2, 0) is 4.74 Å². The monoisotopic (exact) mass is 144 g/mol. The Morgan fingerprint density at radius 2 is 2.10 bits per heavy atom. The topological polar surface area (TPSA) is 29.5 Å². The molecule has 0 aliphatic carbocycles. The molecule has 1 aliphatic heterocycles. The molecule has 1 aliphatic rings. The molecule has 2 atom stereocenters. The summed E-state index contributed by atoms with van der Waals surface area (Å²) in [5.74, 6) is 0. The van der Waals surface area contributed by atoms with Gasteiger partial charge >= 0.3 is 0 Å². The van der Waals surface area contributed by atoms with Gasteiger partial charge in [0.05, 0.1) is 12.2 Å². The Kier molecular flexibility index (Phi) is 3.16. The van der Waals surface area contributed by atoms with Crippen LogP contribution in [0.25, 0.3) is 0 Å². The molecule has 0 radical (unpaired) electrons. The van der Waals surface area contributed by atoms with Crippen LogP contribution in [0.2, 0.25) is 0 Å². The Balaban J connectivity index is 2.23. The van der Waals surface area contributed by atoms with Crippen molar-refractivity contribution < 1.29 is 9.84 Å². The fourth-order valence-electron chi connectivity index (χ4n) is 1.26. The van der Waals surface area contributed by atoms with Gasteiger partial charge < -0.3 is 9.84 Å². The molecule has 0 aromatic rings. The average Bonchev–Trinajstić information content (AvgIpc) is 1.90. The average molecular weight is 144 g/mol. The van der Waals surface area contributed by atoms with Gasteiger partial charge in [0.1, 0.15) is 0 Å². The first-order valence-corrected chi connectivity index (χ1v) is 4.08. The lowest BCUT2D eigenvalue weighted by atomic mass is 10.1. The lowest BCUT2D eigenvalue weighted by Crippen LogP contribution is -2.18. The summed E-state index contributed by atoms with van der Waals surface area (Å²) in [5, 5.41) is 9.28. The largest absolute Gasteiger partial charge is 0.393 e. The van der Waals surface area contributed by atoms with E-state index < -0.39 is 0 Å². The second kappa shape index (κ2) is 3.94. The lowest BCUT2D eigenvalue weighted by Gasteiger charge is -2.19. The van der Waals surface area contributed by atoms with Crippen LogP contribution in [0.15, 0.2) is 0 Å². The van der Waals surface area contributed by atoms with E-state index in [1.807, 2.05) is 0 Å². The van der Waals surface area contributed by atoms with Crippen LogP contribution in [0, 0.1) is 0 Å². The van der Waals surface area contributed by atoms with Crippen molar-refractivity contribution in [2.45, 2.75) is 44.8 Å². The third-order valence-electron chi connectivity index (χ3n) is 1.99. The van der Waals surface area contributed by atoms with Crippen molar-refractivity contribution in [3.8, 4) is 0 Å². The van der Waals surface area contributed by atoms with Crippen molar-refractivity contribution in [1.29, 1.82) is 0 Å². The maximum Gasteiger partial charge on any atom is 0.0547 e. The first kappa shape index (κ1) is 8.02. The van der Waals surface area contributed by atoms with Crippen LogP contribution in [0.5, 0.6) is 0 Å². The van der Waals surface area contributed by atoms with Gasteiger partial charge in [0.2, 0.25) is 0 Å². The van der Waals surface area contributed by atoms with Crippen molar-refractivity contribution >= 4 is 0 Å². The SMILES string of the molecule is C[C@@H]1CC[C@H](O)CCCO1. The fraction of sp³-hybridized carbons (Fsp3) is 1.00. The highest BCUT2D eigenvalue weighted by Crippen LogP contribution is 2.13. The van der Waals surface area contributed by atoms with Crippen molar-refractivity contribution in [2.75, 3.05) is 6.61 Å². The predicted molar refractivity (Wildman–Crippen MR) is 39.9 cm³/mol. The molecular weight excluding hydrogens is 128 g/mol. The Labute approximate surface area is 62.2 Å². The van der Waals surface area contributed by atoms with Crippen molar-refractivity contribution in [3.63, 3.8) is 0 Å². The van der Waals surface area contributed by atoms with E-state index in [2.05, 4.69) is 6.92 Å². The van der Waals surface area contributed by atoms with Gasteiger partial charge in [-0.2, -0.15) is 0 Å². The zero-order valence-corrected chi connectivity index (χ0v) is 6.55. The van der Waals surface area contributed by atoms with E-state index in [0.29, 0.717) is 6.10 Å². The molecule has 0 spiro atoms. The highest BCUT2D eigenvalue weighted by Gasteiger charge is 2.11. The summed E-state index contributed by atoms with van der Waals surface area (Å²) >= 11 is 0. The predicted octanol–water partition coefficient (Wildman–Crippen LogP) is 1.33. The molecule has 60 valence electrons. The molecule has 10 heavy (non-hydrogen) atoms. The van der Waals surface area contributed by atoms with E-state index in [-0.39, 0.29) is 6.10 Å². The van der Waals surface area contributed by atoms with Crippen LogP contribution in [0.1, 0.15) is 32.6 Å². The minimum Gasteiger partial charge on any atom is -0.393 e. The number of aliphatic hydroxyl groups excluding tert-OH is 1. The first-order valence-electron chi connectivity index (χ1n) is 4.08. The molecule has 0 unspecified atom stereocenters. The maximum absolute atomic E-state index is 9.28. The molecule has 0 amide bonds. The molecule has 0 aromatic heterocycles. The summed E-state index contributed by atoms with van der Waals surface area (Å²) in [6.07, 6.45) is 4.09. The molecule has 0 aromatic carbocycles. The molecule has 2 heteroatoms. The quantitative estimate of drug-likeness (QED) is 0.555. The van der Waals surface area contributed by atoms with Gasteiger partial charge in [0.25, 0.3) is 0 Å². The minimum absolute atomic E-state index is 0.0775. The van der Waals surface area contributed by atoms with Gasteiger partial charge in [-0.25, -0.2) is 0 Å². The fourth-order valence-corrected chi connectivity index (χ4v) is 1.26. The number of aliphatic hydroxyl groups is 1. The Morgan fingerprint density at radius 3 is 2.90 bits per heavy atom. The molecule has 1 N–H and O–H groups in total. The minimum atomic E-state index is -0.0775. The lowest BCUT2D eigenvalue weighted by molar-refractivity contribution is 0.0189. The normalized spacial score (nSPS) is 36.6. The number of ether oxygens (including phenoxy) is 1. The van der Waals surface area contributed by atoms with Crippen molar-refractivity contribution in [2.24, 2.45) is 0 Å². The van der Waals surface area contributed by atoms with Gasteiger partial charge in [0.15, 0.2) is 0 Å². The highest BCUT2D eigenvalue weighted by molar-refractivity contribution is 4.62. The van der Waals surface area contributed by atoms with E-state index in [1.54, 1.807) is 0 Å². The van der Waals surface area contributed by atoms with E-state index >= 15 is 0 Å². The number of hydrogen-bond donors (Lipinski definition) is 1. The molecule has 1 heterocycles. The van der Waals surface area contributed by atoms with Gasteiger partial charge in [-0.1, -0.05) is 0 Å². The zero-order chi connectivity index (χ0) is 7.40. The molecule has 1 fully saturated rings. The molecular formula is C8H16O2. The highest BCUT2D eigenvalue weighted by atomic mass is 16.5. The Bertz CT molecular complexity index is 81.3. The summed E-state index contributed by atoms with van der Waals surface area (Å²) in [6, 6.07) is 0. The summed E-state index contributed by atoms with van der Waals surface area (Å²) in [4.78, 5) is 0. The third kappa shape index (κ3) is 2.67. The van der Waals surface area contributed by atoms with Crippen molar-refractivity contribution in [1.82, 2.24) is 0 Å². The molecule has 1 saturated heterocycles. The van der Waals surface area contributed by atoms with E-state index in [4.69, 9.17) is 4.74 Å². The van der Waals surface area contributed by atoms with Gasteiger partial charge in [-0.15, -0.1) is 0 Å². The van der Waals surface area contributed by atoms with Crippen LogP contribution in [-0.4, -0.2) is 23.9 Å². The summed E-state index contributed by atoms with van der Waals surface area (Å²) < 4.78 is 5.42. The molecule has 0 saturated carbocycles. The van der Waals surface area contributed by atoms with Gasteiger partial charge in [0, 0.05) is 6.61 Å². The molecule has 2 nitrogen and oxygen atoms in total. The van der Waals surface area contributed by atoms with E-state index in [0.717, 1.165) is 32.3 Å². The van der Waals surface area contributed by atoms with Crippen molar-refractivity contribution in [3.05, 3.63) is 0 Å². The summed E-state index contributed by atoms with van der Waals surface area (Å²) in [7, 11) is 0. The third-order valence-corrected chi connectivity index (χ3v) is 1.99. The summed E-state index contributed by atoms with van der Waals surface area (Å²) in [6.45, 7) is 2.89. The first-order chi connectivity index (χ1) is 4.79. The summed E-state index contributed by atoms with van der Waals surface area (Å²) in [5.41, 5.74) is 0. The smallest absolute Gasteiger partial charge is 0.0547 e. The second-order valence-corrected chi connectivity index (χ2v) is 3.05. The molecule has 1 rings (SSSR count).